The summed E-state index contributed by atoms with van der Waals surface area (Å²) in [4.78, 5) is 29.2. The van der Waals surface area contributed by atoms with Gasteiger partial charge in [0.2, 0.25) is 11.8 Å². The summed E-state index contributed by atoms with van der Waals surface area (Å²) < 4.78 is 4.99. The molecule has 0 spiro atoms. The number of carbonyl (C=O) groups excluding carboxylic acids is 2. The van der Waals surface area contributed by atoms with Crippen molar-refractivity contribution in [1.82, 2.24) is 15.1 Å². The largest absolute Gasteiger partial charge is 0.375 e. The minimum Gasteiger partial charge on any atom is -0.375 e. The number of nitrogens with one attached hydrogen (secondary N) is 1. The summed E-state index contributed by atoms with van der Waals surface area (Å²) in [5.41, 5.74) is 1.31. The summed E-state index contributed by atoms with van der Waals surface area (Å²) in [6.07, 6.45) is 4.56. The fraction of sp³-hybridized carbons (Fsp3) is 0.619. The van der Waals surface area contributed by atoms with Gasteiger partial charge in [-0.25, -0.2) is 0 Å². The van der Waals surface area contributed by atoms with E-state index in [1.54, 1.807) is 4.90 Å². The van der Waals surface area contributed by atoms with Gasteiger partial charge in [-0.15, -0.1) is 0 Å². The normalized spacial score (nSPS) is 22.6. The molecule has 2 amide bonds. The van der Waals surface area contributed by atoms with E-state index in [2.05, 4.69) is 34.5 Å². The summed E-state index contributed by atoms with van der Waals surface area (Å²) in [5.74, 6) is -0.183. The van der Waals surface area contributed by atoms with Crippen molar-refractivity contribution in [2.24, 2.45) is 0 Å². The van der Waals surface area contributed by atoms with E-state index in [-0.39, 0.29) is 23.8 Å². The molecule has 1 atom stereocenters. The minimum absolute atomic E-state index is 0.0128. The van der Waals surface area contributed by atoms with Gasteiger partial charge in [0, 0.05) is 38.7 Å². The summed E-state index contributed by atoms with van der Waals surface area (Å²) >= 11 is 0. The highest BCUT2D eigenvalue weighted by molar-refractivity contribution is 5.88. The second-order valence-corrected chi connectivity index (χ2v) is 7.87. The summed E-state index contributed by atoms with van der Waals surface area (Å²) in [5, 5.41) is 3.18. The molecule has 1 saturated heterocycles. The fourth-order valence-corrected chi connectivity index (χ4v) is 4.43. The van der Waals surface area contributed by atoms with E-state index in [1.807, 2.05) is 13.1 Å². The van der Waals surface area contributed by atoms with Crippen LogP contribution in [0.25, 0.3) is 0 Å². The lowest BCUT2D eigenvalue weighted by atomic mass is 9.79. The number of likely N-dealkylation sites (N-methyl/N-ethyl adjacent to an activating group) is 1. The Morgan fingerprint density at radius 3 is 2.56 bits per heavy atom. The van der Waals surface area contributed by atoms with Crippen molar-refractivity contribution in [1.29, 1.82) is 0 Å². The molecule has 1 aromatic carbocycles. The molecular formula is C21H31N3O3. The van der Waals surface area contributed by atoms with Gasteiger partial charge in [-0.3, -0.25) is 9.59 Å². The van der Waals surface area contributed by atoms with Gasteiger partial charge in [0.25, 0.3) is 0 Å². The van der Waals surface area contributed by atoms with Crippen LogP contribution in [0.15, 0.2) is 30.3 Å². The molecule has 27 heavy (non-hydrogen) atoms. The van der Waals surface area contributed by atoms with Gasteiger partial charge in [-0.1, -0.05) is 43.2 Å². The quantitative estimate of drug-likeness (QED) is 0.819. The van der Waals surface area contributed by atoms with Crippen molar-refractivity contribution in [3.05, 3.63) is 35.9 Å². The molecule has 1 aliphatic heterocycles. The Bertz CT molecular complexity index is 643. The molecule has 3 rings (SSSR count). The first kappa shape index (κ1) is 19.8. The molecule has 1 aliphatic carbocycles. The van der Waals surface area contributed by atoms with Gasteiger partial charge in [-0.05, 0) is 25.5 Å². The average Bonchev–Trinajstić information content (AvgIpc) is 3.17. The Hall–Kier alpha value is -1.92. The zero-order valence-electron chi connectivity index (χ0n) is 16.4. The van der Waals surface area contributed by atoms with Crippen LogP contribution in [0.5, 0.6) is 0 Å². The SMILES string of the molecule is COCC(=O)N1CCN(C)C[C@H]1C(=O)NCC1(c2ccccc2)CCCC1. The number of piperazine rings is 1. The van der Waals surface area contributed by atoms with Gasteiger partial charge in [0.1, 0.15) is 12.6 Å². The van der Waals surface area contributed by atoms with Crippen LogP contribution in [-0.2, 0) is 19.7 Å². The Kier molecular flexibility index (Phi) is 6.50. The Balaban J connectivity index is 1.69. The lowest BCUT2D eigenvalue weighted by Crippen LogP contribution is -2.61. The van der Waals surface area contributed by atoms with E-state index >= 15 is 0 Å². The molecule has 1 saturated carbocycles. The number of methoxy groups -OCH3 is 1. The topological polar surface area (TPSA) is 61.9 Å². The highest BCUT2D eigenvalue weighted by atomic mass is 16.5. The van der Waals surface area contributed by atoms with Gasteiger partial charge >= 0.3 is 0 Å². The molecule has 0 bridgehead atoms. The van der Waals surface area contributed by atoms with Gasteiger partial charge in [0.05, 0.1) is 0 Å². The zero-order valence-corrected chi connectivity index (χ0v) is 16.4. The van der Waals surface area contributed by atoms with Crippen molar-refractivity contribution in [2.45, 2.75) is 37.1 Å². The predicted octanol–water partition coefficient (Wildman–Crippen LogP) is 1.40. The third-order valence-corrected chi connectivity index (χ3v) is 6.02. The zero-order chi connectivity index (χ0) is 19.3. The number of hydrogen-bond donors (Lipinski definition) is 1. The molecule has 148 valence electrons. The smallest absolute Gasteiger partial charge is 0.249 e. The summed E-state index contributed by atoms with van der Waals surface area (Å²) in [7, 11) is 3.49. The van der Waals surface area contributed by atoms with Crippen molar-refractivity contribution in [3.63, 3.8) is 0 Å². The van der Waals surface area contributed by atoms with E-state index in [0.29, 0.717) is 19.6 Å². The number of rotatable bonds is 6. The lowest BCUT2D eigenvalue weighted by Gasteiger charge is -2.39. The average molecular weight is 373 g/mol. The van der Waals surface area contributed by atoms with Crippen LogP contribution in [-0.4, -0.2) is 74.6 Å². The van der Waals surface area contributed by atoms with Crippen molar-refractivity contribution >= 4 is 11.8 Å². The van der Waals surface area contributed by atoms with E-state index in [1.165, 1.54) is 25.5 Å². The Morgan fingerprint density at radius 1 is 1.19 bits per heavy atom. The van der Waals surface area contributed by atoms with Crippen LogP contribution in [0, 0.1) is 0 Å². The Labute approximate surface area is 161 Å². The second-order valence-electron chi connectivity index (χ2n) is 7.87. The van der Waals surface area contributed by atoms with Gasteiger partial charge < -0.3 is 19.9 Å². The summed E-state index contributed by atoms with van der Waals surface area (Å²) in [6, 6.07) is 10.0. The van der Waals surface area contributed by atoms with Crippen LogP contribution < -0.4 is 5.32 Å². The number of amides is 2. The van der Waals surface area contributed by atoms with Crippen molar-refractivity contribution in [3.8, 4) is 0 Å². The fourth-order valence-electron chi connectivity index (χ4n) is 4.43. The first-order valence-corrected chi connectivity index (χ1v) is 9.86. The highest BCUT2D eigenvalue weighted by Crippen LogP contribution is 2.40. The standard InChI is InChI=1S/C21H31N3O3/c1-23-12-13-24(19(25)15-27-2)18(14-23)20(26)22-16-21(10-6-7-11-21)17-8-4-3-5-9-17/h3-5,8-9,18H,6-7,10-16H2,1-2H3,(H,22,26)/t18-/m0/s1. The van der Waals surface area contributed by atoms with E-state index in [0.717, 1.165) is 19.4 Å². The van der Waals surface area contributed by atoms with E-state index in [4.69, 9.17) is 4.74 Å². The van der Waals surface area contributed by atoms with Gasteiger partial charge in [0.15, 0.2) is 0 Å². The van der Waals surface area contributed by atoms with Crippen molar-refractivity contribution < 1.29 is 14.3 Å². The molecule has 6 heteroatoms. The Morgan fingerprint density at radius 2 is 1.89 bits per heavy atom. The maximum absolute atomic E-state index is 13.0. The third-order valence-electron chi connectivity index (χ3n) is 6.02. The van der Waals surface area contributed by atoms with Crippen LogP contribution in [0.2, 0.25) is 0 Å². The molecule has 2 fully saturated rings. The van der Waals surface area contributed by atoms with Gasteiger partial charge in [-0.2, -0.15) is 0 Å². The number of carbonyl (C=O) groups is 2. The number of ether oxygens (including phenoxy) is 1. The predicted molar refractivity (Wildman–Crippen MR) is 104 cm³/mol. The highest BCUT2D eigenvalue weighted by Gasteiger charge is 2.38. The van der Waals surface area contributed by atoms with E-state index in [9.17, 15) is 9.59 Å². The molecule has 0 unspecified atom stereocenters. The maximum Gasteiger partial charge on any atom is 0.249 e. The number of benzene rings is 1. The molecule has 0 aromatic heterocycles. The molecule has 1 aromatic rings. The first-order chi connectivity index (χ1) is 13.1. The molecule has 2 aliphatic rings. The van der Waals surface area contributed by atoms with Crippen LogP contribution in [0.3, 0.4) is 0 Å². The minimum atomic E-state index is -0.458. The number of nitrogens with zero attached hydrogens (tertiary/aromatic N) is 2. The molecule has 1 N–H and O–H groups in total. The third kappa shape index (κ3) is 4.50. The van der Waals surface area contributed by atoms with Crippen LogP contribution >= 0.6 is 0 Å². The van der Waals surface area contributed by atoms with Crippen molar-refractivity contribution in [2.75, 3.05) is 46.9 Å². The molecular weight excluding hydrogens is 342 g/mol. The number of hydrogen-bond acceptors (Lipinski definition) is 4. The molecule has 0 radical (unpaired) electrons. The lowest BCUT2D eigenvalue weighted by molar-refractivity contribution is -0.146. The second kappa shape index (κ2) is 8.85. The van der Waals surface area contributed by atoms with Crippen LogP contribution in [0.1, 0.15) is 31.2 Å². The molecule has 6 nitrogen and oxygen atoms in total. The van der Waals surface area contributed by atoms with Crippen LogP contribution in [0.4, 0.5) is 0 Å². The first-order valence-electron chi connectivity index (χ1n) is 9.86. The van der Waals surface area contributed by atoms with E-state index < -0.39 is 6.04 Å². The maximum atomic E-state index is 13.0. The monoisotopic (exact) mass is 373 g/mol. The molecule has 1 heterocycles. The summed E-state index contributed by atoms with van der Waals surface area (Å²) in [6.45, 7) is 2.53.